The zero-order valence-corrected chi connectivity index (χ0v) is 14.5. The van der Waals surface area contributed by atoms with Gasteiger partial charge in [0.1, 0.15) is 0 Å². The molecule has 1 aromatic rings. The Morgan fingerprint density at radius 3 is 2.21 bits per heavy atom. The summed E-state index contributed by atoms with van der Waals surface area (Å²) in [5.41, 5.74) is 0.577. The highest BCUT2D eigenvalue weighted by Gasteiger charge is 2.09. The molecule has 0 radical (unpaired) electrons. The highest BCUT2D eigenvalue weighted by Crippen LogP contribution is 1.98. The number of nitrogens with one attached hydrogen (secondary N) is 2. The first-order chi connectivity index (χ1) is 11.6. The van der Waals surface area contributed by atoms with Crippen molar-refractivity contribution in [2.45, 2.75) is 33.1 Å². The van der Waals surface area contributed by atoms with Crippen LogP contribution in [0.4, 0.5) is 0 Å². The lowest BCUT2D eigenvalue weighted by Gasteiger charge is -2.18. The van der Waals surface area contributed by atoms with Crippen LogP contribution in [-0.2, 0) is 9.59 Å². The second kappa shape index (κ2) is 11.2. The summed E-state index contributed by atoms with van der Waals surface area (Å²) < 4.78 is 0. The number of hydrogen-bond acceptors (Lipinski definition) is 3. The summed E-state index contributed by atoms with van der Waals surface area (Å²) in [6.07, 6.45) is 1.28. The molecule has 6 heteroatoms. The molecule has 6 nitrogen and oxygen atoms in total. The number of carbonyl (C=O) groups excluding carboxylic acids is 3. The van der Waals surface area contributed by atoms with Crippen molar-refractivity contribution >= 4 is 17.7 Å². The first-order valence-corrected chi connectivity index (χ1v) is 8.46. The second-order valence-electron chi connectivity index (χ2n) is 5.39. The molecule has 0 saturated carbocycles. The Morgan fingerprint density at radius 2 is 1.58 bits per heavy atom. The van der Waals surface area contributed by atoms with E-state index in [-0.39, 0.29) is 30.7 Å². The van der Waals surface area contributed by atoms with Gasteiger partial charge in [-0.15, -0.1) is 0 Å². The van der Waals surface area contributed by atoms with Gasteiger partial charge in [-0.2, -0.15) is 0 Å². The fourth-order valence-electron chi connectivity index (χ4n) is 2.27. The van der Waals surface area contributed by atoms with E-state index in [9.17, 15) is 14.4 Å². The average molecular weight is 333 g/mol. The fourth-order valence-corrected chi connectivity index (χ4v) is 2.27. The van der Waals surface area contributed by atoms with Gasteiger partial charge in [0, 0.05) is 44.6 Å². The minimum atomic E-state index is -0.187. The minimum Gasteiger partial charge on any atom is -0.356 e. The smallest absolute Gasteiger partial charge is 0.251 e. The van der Waals surface area contributed by atoms with Gasteiger partial charge in [-0.3, -0.25) is 14.4 Å². The Balaban J connectivity index is 2.12. The Morgan fingerprint density at radius 1 is 0.917 bits per heavy atom. The SMILES string of the molecule is CCN(CC)C(=O)CCCNC(=O)CCNC(=O)c1ccccc1. The van der Waals surface area contributed by atoms with Crippen LogP contribution in [-0.4, -0.2) is 48.8 Å². The highest BCUT2D eigenvalue weighted by atomic mass is 16.2. The zero-order chi connectivity index (χ0) is 17.8. The molecule has 0 fully saturated rings. The van der Waals surface area contributed by atoms with Crippen LogP contribution in [0.1, 0.15) is 43.5 Å². The van der Waals surface area contributed by atoms with E-state index in [2.05, 4.69) is 10.6 Å². The Kier molecular flexibility index (Phi) is 9.19. The Bertz CT molecular complexity index is 528. The second-order valence-corrected chi connectivity index (χ2v) is 5.39. The van der Waals surface area contributed by atoms with Crippen molar-refractivity contribution in [2.75, 3.05) is 26.2 Å². The summed E-state index contributed by atoms with van der Waals surface area (Å²) in [6.45, 7) is 6.09. The first kappa shape index (κ1) is 19.7. The van der Waals surface area contributed by atoms with Gasteiger partial charge >= 0.3 is 0 Å². The number of benzene rings is 1. The molecule has 2 N–H and O–H groups in total. The Labute approximate surface area is 143 Å². The van der Waals surface area contributed by atoms with Crippen LogP contribution in [0.2, 0.25) is 0 Å². The molecule has 0 unspecified atom stereocenters. The van der Waals surface area contributed by atoms with Crippen molar-refractivity contribution < 1.29 is 14.4 Å². The summed E-state index contributed by atoms with van der Waals surface area (Å²) in [4.78, 5) is 37.1. The zero-order valence-electron chi connectivity index (χ0n) is 14.5. The average Bonchev–Trinajstić information content (AvgIpc) is 2.60. The summed E-state index contributed by atoms with van der Waals surface area (Å²) in [5.74, 6) is -0.198. The van der Waals surface area contributed by atoms with Crippen molar-refractivity contribution in [3.05, 3.63) is 35.9 Å². The maximum atomic E-state index is 11.8. The fraction of sp³-hybridized carbons (Fsp3) is 0.500. The van der Waals surface area contributed by atoms with E-state index in [1.165, 1.54) is 0 Å². The number of rotatable bonds is 10. The molecular weight excluding hydrogens is 306 g/mol. The third kappa shape index (κ3) is 7.26. The number of hydrogen-bond donors (Lipinski definition) is 2. The van der Waals surface area contributed by atoms with Crippen molar-refractivity contribution in [1.29, 1.82) is 0 Å². The molecular formula is C18H27N3O3. The molecule has 132 valence electrons. The van der Waals surface area contributed by atoms with Crippen LogP contribution in [0, 0.1) is 0 Å². The summed E-state index contributed by atoms with van der Waals surface area (Å²) in [6, 6.07) is 8.88. The van der Waals surface area contributed by atoms with E-state index in [0.29, 0.717) is 38.0 Å². The molecule has 24 heavy (non-hydrogen) atoms. The summed E-state index contributed by atoms with van der Waals surface area (Å²) in [7, 11) is 0. The monoisotopic (exact) mass is 333 g/mol. The lowest BCUT2D eigenvalue weighted by Crippen LogP contribution is -2.33. The number of amides is 3. The molecule has 1 aromatic carbocycles. The van der Waals surface area contributed by atoms with Crippen LogP contribution in [0.15, 0.2) is 30.3 Å². The van der Waals surface area contributed by atoms with E-state index in [1.807, 2.05) is 19.9 Å². The van der Waals surface area contributed by atoms with Gasteiger partial charge in [-0.1, -0.05) is 18.2 Å². The molecule has 0 heterocycles. The molecule has 0 atom stereocenters. The van der Waals surface area contributed by atoms with E-state index < -0.39 is 0 Å². The van der Waals surface area contributed by atoms with Crippen LogP contribution >= 0.6 is 0 Å². The molecule has 0 aliphatic heterocycles. The number of nitrogens with zero attached hydrogens (tertiary/aromatic N) is 1. The first-order valence-electron chi connectivity index (χ1n) is 8.46. The molecule has 0 aliphatic rings. The minimum absolute atomic E-state index is 0.115. The normalized spacial score (nSPS) is 10.1. The van der Waals surface area contributed by atoms with Crippen LogP contribution in [0.3, 0.4) is 0 Å². The van der Waals surface area contributed by atoms with Gasteiger partial charge in [0.15, 0.2) is 0 Å². The van der Waals surface area contributed by atoms with Crippen molar-refractivity contribution in [3.8, 4) is 0 Å². The molecule has 3 amide bonds. The van der Waals surface area contributed by atoms with Crippen molar-refractivity contribution in [1.82, 2.24) is 15.5 Å². The molecule has 0 bridgehead atoms. The standard InChI is InChI=1S/C18H27N3O3/c1-3-21(4-2)17(23)11-8-13-19-16(22)12-14-20-18(24)15-9-6-5-7-10-15/h5-7,9-10H,3-4,8,11-14H2,1-2H3,(H,19,22)(H,20,24). The van der Waals surface area contributed by atoms with Crippen LogP contribution in [0.5, 0.6) is 0 Å². The predicted molar refractivity (Wildman–Crippen MR) is 93.6 cm³/mol. The van der Waals surface area contributed by atoms with Gasteiger partial charge in [-0.25, -0.2) is 0 Å². The predicted octanol–water partition coefficient (Wildman–Crippen LogP) is 1.57. The number of carbonyl (C=O) groups is 3. The van der Waals surface area contributed by atoms with E-state index in [4.69, 9.17) is 0 Å². The maximum Gasteiger partial charge on any atom is 0.251 e. The summed E-state index contributed by atoms with van der Waals surface area (Å²) in [5, 5.41) is 5.47. The summed E-state index contributed by atoms with van der Waals surface area (Å²) >= 11 is 0. The van der Waals surface area contributed by atoms with Crippen LogP contribution < -0.4 is 10.6 Å². The third-order valence-electron chi connectivity index (χ3n) is 3.68. The van der Waals surface area contributed by atoms with Gasteiger partial charge in [0.25, 0.3) is 5.91 Å². The Hall–Kier alpha value is -2.37. The molecule has 0 aromatic heterocycles. The van der Waals surface area contributed by atoms with Crippen LogP contribution in [0.25, 0.3) is 0 Å². The maximum absolute atomic E-state index is 11.8. The molecule has 0 spiro atoms. The van der Waals surface area contributed by atoms with E-state index >= 15 is 0 Å². The van der Waals surface area contributed by atoms with Crippen molar-refractivity contribution in [3.63, 3.8) is 0 Å². The molecule has 1 rings (SSSR count). The quantitative estimate of drug-likeness (QED) is 0.638. The lowest BCUT2D eigenvalue weighted by molar-refractivity contribution is -0.131. The topological polar surface area (TPSA) is 78.5 Å². The highest BCUT2D eigenvalue weighted by molar-refractivity contribution is 5.94. The van der Waals surface area contributed by atoms with Crippen molar-refractivity contribution in [2.24, 2.45) is 0 Å². The largest absolute Gasteiger partial charge is 0.356 e. The third-order valence-corrected chi connectivity index (χ3v) is 3.68. The van der Waals surface area contributed by atoms with Gasteiger partial charge < -0.3 is 15.5 Å². The lowest BCUT2D eigenvalue weighted by atomic mass is 10.2. The van der Waals surface area contributed by atoms with Gasteiger partial charge in [0.2, 0.25) is 11.8 Å². The van der Waals surface area contributed by atoms with Gasteiger partial charge in [0.05, 0.1) is 0 Å². The molecule has 0 aliphatic carbocycles. The van der Waals surface area contributed by atoms with E-state index in [0.717, 1.165) is 0 Å². The van der Waals surface area contributed by atoms with E-state index in [1.54, 1.807) is 29.2 Å². The van der Waals surface area contributed by atoms with Gasteiger partial charge in [-0.05, 0) is 32.4 Å². The molecule has 0 saturated heterocycles.